The molecule has 2 aromatic rings. The van der Waals surface area contributed by atoms with Gasteiger partial charge in [-0.15, -0.1) is 13.2 Å². The Morgan fingerprint density at radius 2 is 1.91 bits per heavy atom. The zero-order chi connectivity index (χ0) is 17.0. The van der Waals surface area contributed by atoms with Crippen LogP contribution in [-0.2, 0) is 0 Å². The molecule has 0 aromatic heterocycles. The quantitative estimate of drug-likeness (QED) is 0.800. The molecule has 7 heteroatoms. The van der Waals surface area contributed by atoms with Crippen LogP contribution in [0.2, 0.25) is 0 Å². The summed E-state index contributed by atoms with van der Waals surface area (Å²) in [6.07, 6.45) is -4.38. The highest BCUT2D eigenvalue weighted by Gasteiger charge is 2.32. The molecule has 0 fully saturated rings. The number of ether oxygens (including phenoxy) is 2. The van der Waals surface area contributed by atoms with Crippen LogP contribution in [0.15, 0.2) is 36.4 Å². The maximum absolute atomic E-state index is 12.6. The van der Waals surface area contributed by atoms with Crippen LogP contribution in [0.25, 0.3) is 11.1 Å². The van der Waals surface area contributed by atoms with Gasteiger partial charge in [-0.25, -0.2) is 0 Å². The molecule has 0 saturated heterocycles. The summed E-state index contributed by atoms with van der Waals surface area (Å²) in [4.78, 5) is 11.0. The van der Waals surface area contributed by atoms with Crippen molar-refractivity contribution in [3.8, 4) is 28.7 Å². The monoisotopic (exact) mass is 321 g/mol. The van der Waals surface area contributed by atoms with E-state index < -0.39 is 12.1 Å². The first-order chi connectivity index (χ1) is 10.9. The Balaban J connectivity index is 2.68. The molecule has 0 aliphatic heterocycles. The lowest BCUT2D eigenvalue weighted by Crippen LogP contribution is -2.17. The number of aldehydes is 1. The summed E-state index contributed by atoms with van der Waals surface area (Å²) >= 11 is 0. The number of halogens is 3. The van der Waals surface area contributed by atoms with Gasteiger partial charge in [0.05, 0.1) is 24.3 Å². The highest BCUT2D eigenvalue weighted by atomic mass is 19.4. The largest absolute Gasteiger partial charge is 0.573 e. The topological polar surface area (TPSA) is 59.3 Å². The Labute approximate surface area is 129 Å². The second-order valence-electron chi connectivity index (χ2n) is 4.42. The van der Waals surface area contributed by atoms with E-state index in [4.69, 9.17) is 10.00 Å². The first kappa shape index (κ1) is 16.4. The van der Waals surface area contributed by atoms with E-state index in [0.717, 1.165) is 6.07 Å². The minimum absolute atomic E-state index is 0.0125. The zero-order valence-electron chi connectivity index (χ0n) is 11.8. The van der Waals surface area contributed by atoms with Crippen LogP contribution >= 0.6 is 0 Å². The van der Waals surface area contributed by atoms with E-state index in [2.05, 4.69) is 4.74 Å². The molecule has 0 saturated carbocycles. The number of nitriles is 1. The Kier molecular flexibility index (Phi) is 4.55. The van der Waals surface area contributed by atoms with Gasteiger partial charge in [-0.2, -0.15) is 5.26 Å². The fourth-order valence-corrected chi connectivity index (χ4v) is 2.11. The number of nitrogens with zero attached hydrogens (tertiary/aromatic N) is 1. The molecule has 2 rings (SSSR count). The number of carbonyl (C=O) groups excluding carboxylic acids is 1. The molecule has 0 radical (unpaired) electrons. The number of hydrogen-bond donors (Lipinski definition) is 0. The average Bonchev–Trinajstić information content (AvgIpc) is 2.52. The summed E-state index contributed by atoms with van der Waals surface area (Å²) in [7, 11) is 1.31. The molecular formula is C16H10F3NO3. The fourth-order valence-electron chi connectivity index (χ4n) is 2.11. The smallest absolute Gasteiger partial charge is 0.495 e. The Morgan fingerprint density at radius 1 is 1.17 bits per heavy atom. The number of benzene rings is 2. The molecule has 0 bridgehead atoms. The van der Waals surface area contributed by atoms with Crippen LogP contribution in [0.5, 0.6) is 11.5 Å². The highest BCUT2D eigenvalue weighted by Crippen LogP contribution is 2.40. The van der Waals surface area contributed by atoms with E-state index in [1.54, 1.807) is 6.07 Å². The molecule has 0 aliphatic carbocycles. The molecule has 118 valence electrons. The first-order valence-electron chi connectivity index (χ1n) is 6.32. The third kappa shape index (κ3) is 3.61. The van der Waals surface area contributed by atoms with Gasteiger partial charge in [0.15, 0.2) is 6.29 Å². The minimum Gasteiger partial charge on any atom is -0.495 e. The predicted octanol–water partition coefficient (Wildman–Crippen LogP) is 3.94. The lowest BCUT2D eigenvalue weighted by molar-refractivity contribution is -0.274. The van der Waals surface area contributed by atoms with Gasteiger partial charge in [-0.1, -0.05) is 12.1 Å². The van der Waals surface area contributed by atoms with Gasteiger partial charge in [0.25, 0.3) is 0 Å². The number of para-hydroxylation sites is 1. The van der Waals surface area contributed by atoms with Gasteiger partial charge in [0, 0.05) is 11.1 Å². The van der Waals surface area contributed by atoms with Crippen LogP contribution in [0.1, 0.15) is 15.9 Å². The molecule has 0 spiro atoms. The third-order valence-electron chi connectivity index (χ3n) is 3.00. The van der Waals surface area contributed by atoms with Crippen molar-refractivity contribution in [1.29, 1.82) is 5.26 Å². The van der Waals surface area contributed by atoms with E-state index in [-0.39, 0.29) is 28.0 Å². The van der Waals surface area contributed by atoms with Gasteiger partial charge in [-0.05, 0) is 24.3 Å². The lowest BCUT2D eigenvalue weighted by Gasteiger charge is -2.16. The van der Waals surface area contributed by atoms with Gasteiger partial charge < -0.3 is 9.47 Å². The molecular weight excluding hydrogens is 311 g/mol. The number of alkyl halides is 3. The SMILES string of the molecule is COc1c(C=O)cccc1-c1ccc(C#N)cc1OC(F)(F)F. The molecule has 0 heterocycles. The van der Waals surface area contributed by atoms with Crippen LogP contribution in [0.3, 0.4) is 0 Å². The molecule has 0 amide bonds. The number of carbonyl (C=O) groups is 1. The molecule has 2 aromatic carbocycles. The summed E-state index contributed by atoms with van der Waals surface area (Å²) in [5.74, 6) is -0.419. The van der Waals surface area contributed by atoms with E-state index in [1.807, 2.05) is 0 Å². The van der Waals surface area contributed by atoms with Crippen molar-refractivity contribution >= 4 is 6.29 Å². The van der Waals surface area contributed by atoms with Crippen molar-refractivity contribution in [2.75, 3.05) is 7.11 Å². The van der Waals surface area contributed by atoms with Crippen molar-refractivity contribution in [3.05, 3.63) is 47.5 Å². The standard InChI is InChI=1S/C16H10F3NO3/c1-22-15-11(9-21)3-2-4-13(15)12-6-5-10(8-20)7-14(12)23-16(17,18)19/h2-7,9H,1H3. The molecule has 0 unspecified atom stereocenters. The summed E-state index contributed by atoms with van der Waals surface area (Å²) in [6.45, 7) is 0. The molecule has 23 heavy (non-hydrogen) atoms. The summed E-state index contributed by atoms with van der Waals surface area (Å²) in [5.41, 5.74) is 0.508. The van der Waals surface area contributed by atoms with Crippen LogP contribution < -0.4 is 9.47 Å². The Hall–Kier alpha value is -3.01. The van der Waals surface area contributed by atoms with Crippen molar-refractivity contribution < 1.29 is 27.4 Å². The van der Waals surface area contributed by atoms with E-state index >= 15 is 0 Å². The lowest BCUT2D eigenvalue weighted by atomic mass is 9.99. The number of hydrogen-bond acceptors (Lipinski definition) is 4. The minimum atomic E-state index is -4.92. The predicted molar refractivity (Wildman–Crippen MR) is 75.2 cm³/mol. The fraction of sp³-hybridized carbons (Fsp3) is 0.125. The van der Waals surface area contributed by atoms with Gasteiger partial charge in [-0.3, -0.25) is 4.79 Å². The van der Waals surface area contributed by atoms with Gasteiger partial charge >= 0.3 is 6.36 Å². The van der Waals surface area contributed by atoms with Crippen molar-refractivity contribution in [2.45, 2.75) is 6.36 Å². The molecule has 0 atom stereocenters. The number of methoxy groups -OCH3 is 1. The highest BCUT2D eigenvalue weighted by molar-refractivity contribution is 5.87. The van der Waals surface area contributed by atoms with Crippen LogP contribution in [0, 0.1) is 11.3 Å². The van der Waals surface area contributed by atoms with Crippen molar-refractivity contribution in [1.82, 2.24) is 0 Å². The Bertz CT molecular complexity index is 779. The van der Waals surface area contributed by atoms with Gasteiger partial charge in [0.1, 0.15) is 11.5 Å². The second kappa shape index (κ2) is 6.40. The van der Waals surface area contributed by atoms with Crippen LogP contribution in [0.4, 0.5) is 13.2 Å². The maximum atomic E-state index is 12.6. The first-order valence-corrected chi connectivity index (χ1v) is 6.32. The van der Waals surface area contributed by atoms with Gasteiger partial charge in [0.2, 0.25) is 0 Å². The van der Waals surface area contributed by atoms with E-state index in [9.17, 15) is 18.0 Å². The van der Waals surface area contributed by atoms with Crippen molar-refractivity contribution in [3.63, 3.8) is 0 Å². The average molecular weight is 321 g/mol. The maximum Gasteiger partial charge on any atom is 0.573 e. The summed E-state index contributed by atoms with van der Waals surface area (Å²) < 4.78 is 47.0. The molecule has 0 aliphatic rings. The van der Waals surface area contributed by atoms with Crippen molar-refractivity contribution in [2.24, 2.45) is 0 Å². The second-order valence-corrected chi connectivity index (χ2v) is 4.42. The Morgan fingerprint density at radius 3 is 2.48 bits per heavy atom. The van der Waals surface area contributed by atoms with E-state index in [0.29, 0.717) is 6.29 Å². The zero-order valence-corrected chi connectivity index (χ0v) is 11.8. The van der Waals surface area contributed by atoms with Crippen LogP contribution in [-0.4, -0.2) is 19.8 Å². The van der Waals surface area contributed by atoms with E-state index in [1.165, 1.54) is 37.4 Å². The number of rotatable bonds is 4. The molecule has 4 nitrogen and oxygen atoms in total. The third-order valence-corrected chi connectivity index (χ3v) is 3.00. The summed E-state index contributed by atoms with van der Waals surface area (Å²) in [5, 5.41) is 8.85. The summed E-state index contributed by atoms with van der Waals surface area (Å²) in [6, 6.07) is 9.88. The molecule has 0 N–H and O–H groups in total. The normalized spacial score (nSPS) is 10.7.